The minimum atomic E-state index is -0.108. The van der Waals surface area contributed by atoms with Crippen LogP contribution in [0.15, 0.2) is 29.3 Å². The van der Waals surface area contributed by atoms with Gasteiger partial charge in [0.05, 0.1) is 12.3 Å². The van der Waals surface area contributed by atoms with Crippen LogP contribution < -0.4 is 5.56 Å². The van der Waals surface area contributed by atoms with Gasteiger partial charge in [0.1, 0.15) is 0 Å². The quantitative estimate of drug-likeness (QED) is 0.805. The van der Waals surface area contributed by atoms with E-state index >= 15 is 0 Å². The molecule has 0 amide bonds. The lowest BCUT2D eigenvalue weighted by atomic mass is 9.83. The molecule has 2 bridgehead atoms. The monoisotopic (exact) mass is 423 g/mol. The average Bonchev–Trinajstić information content (AvgIpc) is 3.39. The summed E-state index contributed by atoms with van der Waals surface area (Å²) in [6.45, 7) is 6.66. The van der Waals surface area contributed by atoms with Crippen molar-refractivity contribution in [2.45, 2.75) is 50.9 Å². The highest BCUT2D eigenvalue weighted by atomic mass is 16.3. The highest BCUT2D eigenvalue weighted by Gasteiger charge is 2.40. The van der Waals surface area contributed by atoms with Crippen LogP contribution in [0.25, 0.3) is 0 Å². The summed E-state index contributed by atoms with van der Waals surface area (Å²) in [7, 11) is 1.96. The van der Waals surface area contributed by atoms with Crippen LogP contribution in [0.3, 0.4) is 0 Å². The van der Waals surface area contributed by atoms with Gasteiger partial charge in [0.15, 0.2) is 0 Å². The van der Waals surface area contributed by atoms with E-state index in [9.17, 15) is 9.90 Å². The van der Waals surface area contributed by atoms with E-state index in [1.54, 1.807) is 0 Å². The van der Waals surface area contributed by atoms with Crippen molar-refractivity contribution in [3.8, 4) is 0 Å². The summed E-state index contributed by atoms with van der Waals surface area (Å²) in [5.74, 6) is 2.21. The fourth-order valence-corrected chi connectivity index (χ4v) is 6.89. The lowest BCUT2D eigenvalue weighted by Crippen LogP contribution is -2.47. The first kappa shape index (κ1) is 19.7. The number of likely N-dealkylation sites (tertiary alicyclic amines) is 2. The van der Waals surface area contributed by atoms with Crippen molar-refractivity contribution in [3.63, 3.8) is 0 Å². The molecule has 3 fully saturated rings. The highest BCUT2D eigenvalue weighted by Crippen LogP contribution is 2.39. The van der Waals surface area contributed by atoms with Crippen molar-refractivity contribution in [2.24, 2.45) is 24.8 Å². The minimum Gasteiger partial charge on any atom is -0.393 e. The molecule has 7 nitrogen and oxygen atoms in total. The fraction of sp³-hybridized carbons (Fsp3) is 0.667. The van der Waals surface area contributed by atoms with E-state index < -0.39 is 0 Å². The van der Waals surface area contributed by atoms with E-state index in [4.69, 9.17) is 0 Å². The number of hydrogen-bond donors (Lipinski definition) is 1. The van der Waals surface area contributed by atoms with Crippen molar-refractivity contribution >= 4 is 0 Å². The lowest BCUT2D eigenvalue weighted by molar-refractivity contribution is 0.114. The predicted molar refractivity (Wildman–Crippen MR) is 118 cm³/mol. The summed E-state index contributed by atoms with van der Waals surface area (Å²) in [6.07, 6.45) is 7.01. The van der Waals surface area contributed by atoms with Crippen molar-refractivity contribution in [3.05, 3.63) is 51.7 Å². The van der Waals surface area contributed by atoms with Crippen molar-refractivity contribution in [1.82, 2.24) is 24.1 Å². The Kier molecular flexibility index (Phi) is 4.81. The Hall–Kier alpha value is -1.96. The SMILES string of the molecule is Cn1cc(CN2C[C@@H]3C[C@H](C2)c2ccc(CN4C[C@H]5CC(O)C[C@H]5C4)c(=O)n2C3)cn1. The van der Waals surface area contributed by atoms with Crippen molar-refractivity contribution in [1.29, 1.82) is 0 Å². The zero-order valence-electron chi connectivity index (χ0n) is 18.4. The van der Waals surface area contributed by atoms with E-state index in [1.807, 2.05) is 17.9 Å². The van der Waals surface area contributed by atoms with Crippen LogP contribution in [-0.2, 0) is 26.7 Å². The summed E-state index contributed by atoms with van der Waals surface area (Å²) in [6, 6.07) is 4.32. The number of aliphatic hydroxyl groups excluding tert-OH is 1. The van der Waals surface area contributed by atoms with Crippen molar-refractivity contribution < 1.29 is 5.11 Å². The maximum Gasteiger partial charge on any atom is 0.255 e. The molecule has 31 heavy (non-hydrogen) atoms. The van der Waals surface area contributed by atoms with Gasteiger partial charge in [-0.05, 0) is 43.1 Å². The molecule has 6 rings (SSSR count). The molecule has 0 spiro atoms. The number of nitrogens with zero attached hydrogens (tertiary/aromatic N) is 5. The Morgan fingerprint density at radius 3 is 2.52 bits per heavy atom. The van der Waals surface area contributed by atoms with Crippen LogP contribution in [-0.4, -0.2) is 61.5 Å². The van der Waals surface area contributed by atoms with E-state index in [0.717, 1.165) is 64.2 Å². The molecule has 7 heteroatoms. The third-order valence-electron chi connectivity index (χ3n) is 8.12. The smallest absolute Gasteiger partial charge is 0.255 e. The second kappa shape index (κ2) is 7.57. The first-order valence-electron chi connectivity index (χ1n) is 11.8. The van der Waals surface area contributed by atoms with Gasteiger partial charge in [0, 0.05) is 81.8 Å². The summed E-state index contributed by atoms with van der Waals surface area (Å²) >= 11 is 0. The summed E-state index contributed by atoms with van der Waals surface area (Å²) in [4.78, 5) is 18.3. The normalized spacial score (nSPS) is 32.9. The van der Waals surface area contributed by atoms with Crippen LogP contribution in [0.1, 0.15) is 42.0 Å². The van der Waals surface area contributed by atoms with Gasteiger partial charge in [-0.2, -0.15) is 5.10 Å². The number of piperidine rings is 1. The molecule has 3 aliphatic heterocycles. The van der Waals surface area contributed by atoms with Crippen LogP contribution in [0.2, 0.25) is 0 Å². The number of fused-ring (bicyclic) bond motifs is 5. The third kappa shape index (κ3) is 3.66. The summed E-state index contributed by atoms with van der Waals surface area (Å²) < 4.78 is 3.96. The summed E-state index contributed by atoms with van der Waals surface area (Å²) in [5, 5.41) is 14.2. The van der Waals surface area contributed by atoms with Gasteiger partial charge in [-0.25, -0.2) is 0 Å². The van der Waals surface area contributed by atoms with Crippen LogP contribution in [0.4, 0.5) is 0 Å². The number of hydrogen-bond acceptors (Lipinski definition) is 5. The zero-order chi connectivity index (χ0) is 21.1. The van der Waals surface area contributed by atoms with Gasteiger partial charge in [-0.3, -0.25) is 19.3 Å². The highest BCUT2D eigenvalue weighted by molar-refractivity contribution is 5.23. The minimum absolute atomic E-state index is 0.108. The molecule has 2 aromatic heterocycles. The molecule has 5 atom stereocenters. The van der Waals surface area contributed by atoms with Gasteiger partial charge < -0.3 is 9.67 Å². The van der Waals surface area contributed by atoms with Crippen LogP contribution in [0, 0.1) is 17.8 Å². The van der Waals surface area contributed by atoms with Gasteiger partial charge in [-0.15, -0.1) is 0 Å². The Morgan fingerprint density at radius 1 is 1.00 bits per heavy atom. The number of aromatic nitrogens is 3. The molecule has 1 saturated carbocycles. The van der Waals surface area contributed by atoms with E-state index in [1.165, 1.54) is 17.7 Å². The lowest BCUT2D eigenvalue weighted by Gasteiger charge is -2.43. The molecule has 4 aliphatic rings. The molecular formula is C24H33N5O2. The Bertz CT molecular complexity index is 1020. The molecular weight excluding hydrogens is 390 g/mol. The first-order valence-corrected chi connectivity index (χ1v) is 11.8. The number of rotatable bonds is 4. The molecule has 1 unspecified atom stereocenters. The Labute approximate surface area is 183 Å². The Morgan fingerprint density at radius 2 is 1.77 bits per heavy atom. The fourth-order valence-electron chi connectivity index (χ4n) is 6.89. The molecule has 2 aromatic rings. The van der Waals surface area contributed by atoms with Crippen LogP contribution >= 0.6 is 0 Å². The predicted octanol–water partition coefficient (Wildman–Crippen LogP) is 1.40. The second-order valence-corrected chi connectivity index (χ2v) is 10.6. The van der Waals surface area contributed by atoms with Gasteiger partial charge in [0.25, 0.3) is 5.56 Å². The Balaban J connectivity index is 1.17. The molecule has 166 valence electrons. The zero-order valence-corrected chi connectivity index (χ0v) is 18.4. The molecule has 0 radical (unpaired) electrons. The average molecular weight is 424 g/mol. The third-order valence-corrected chi connectivity index (χ3v) is 8.12. The first-order chi connectivity index (χ1) is 15.0. The van der Waals surface area contributed by atoms with Gasteiger partial charge in [-0.1, -0.05) is 6.07 Å². The largest absolute Gasteiger partial charge is 0.393 e. The molecule has 0 aromatic carbocycles. The molecule has 1 aliphatic carbocycles. The van der Waals surface area contributed by atoms with Crippen LogP contribution in [0.5, 0.6) is 0 Å². The van der Waals surface area contributed by atoms with E-state index in [-0.39, 0.29) is 11.7 Å². The summed E-state index contributed by atoms with van der Waals surface area (Å²) in [5.41, 5.74) is 3.65. The van der Waals surface area contributed by atoms with Crippen molar-refractivity contribution in [2.75, 3.05) is 26.2 Å². The number of pyridine rings is 1. The second-order valence-electron chi connectivity index (χ2n) is 10.6. The molecule has 1 N–H and O–H groups in total. The standard InChI is InChI=1S/C24H33N5O2/c1-26-8-17(7-25-26)10-27-9-16-4-21(15-27)23-3-2-18(24(31)29(23)11-16)12-28-13-19-5-22(30)6-20(19)14-28/h2-3,7-8,16,19-22,30H,4-6,9-15H2,1H3/t16-,19-,20+,21+,22?/m0/s1. The maximum atomic E-state index is 13.4. The van der Waals surface area contributed by atoms with Gasteiger partial charge >= 0.3 is 0 Å². The van der Waals surface area contributed by atoms with E-state index in [0.29, 0.717) is 23.7 Å². The molecule has 2 saturated heterocycles. The van der Waals surface area contributed by atoms with E-state index in [2.05, 4.69) is 37.8 Å². The number of aryl methyl sites for hydroxylation is 1. The maximum absolute atomic E-state index is 13.4. The molecule has 5 heterocycles. The number of aliphatic hydroxyl groups is 1. The topological polar surface area (TPSA) is 66.5 Å². The van der Waals surface area contributed by atoms with Gasteiger partial charge in [0.2, 0.25) is 0 Å².